The van der Waals surface area contributed by atoms with Crippen molar-refractivity contribution in [1.82, 2.24) is 10.6 Å². The van der Waals surface area contributed by atoms with E-state index in [1.807, 2.05) is 0 Å². The van der Waals surface area contributed by atoms with Gasteiger partial charge in [0, 0.05) is 13.0 Å². The molecule has 1 aromatic rings. The second kappa shape index (κ2) is 9.97. The van der Waals surface area contributed by atoms with Crippen LogP contribution in [0.25, 0.3) is 0 Å². The minimum absolute atomic E-state index is 0.0685. The molecule has 1 rings (SSSR count). The Labute approximate surface area is 127 Å². The Morgan fingerprint density at radius 3 is 2.24 bits per heavy atom. The molecule has 0 unspecified atom stereocenters. The third-order valence-electron chi connectivity index (χ3n) is 3.35. The van der Waals surface area contributed by atoms with E-state index < -0.39 is 0 Å². The maximum absolute atomic E-state index is 11.5. The van der Waals surface area contributed by atoms with Gasteiger partial charge in [-0.3, -0.25) is 9.59 Å². The van der Waals surface area contributed by atoms with Gasteiger partial charge in [-0.15, -0.1) is 0 Å². The van der Waals surface area contributed by atoms with Gasteiger partial charge in [0.05, 0.1) is 6.54 Å². The van der Waals surface area contributed by atoms with Crippen LogP contribution in [0.15, 0.2) is 24.3 Å². The number of nitrogens with one attached hydrogen (secondary N) is 2. The number of hydrogen-bond donors (Lipinski definition) is 2. The Bertz CT molecular complexity index is 458. The number of carbonyl (C=O) groups is 2. The van der Waals surface area contributed by atoms with Crippen LogP contribution in [-0.4, -0.2) is 24.9 Å². The van der Waals surface area contributed by atoms with Gasteiger partial charge in [-0.05, 0) is 30.4 Å². The average Bonchev–Trinajstić information content (AvgIpc) is 2.50. The third-order valence-corrected chi connectivity index (χ3v) is 3.35. The van der Waals surface area contributed by atoms with Crippen molar-refractivity contribution >= 4 is 11.8 Å². The van der Waals surface area contributed by atoms with Crippen molar-refractivity contribution in [3.05, 3.63) is 35.4 Å². The van der Waals surface area contributed by atoms with Crippen LogP contribution in [0.2, 0.25) is 0 Å². The predicted molar refractivity (Wildman–Crippen MR) is 85.1 cm³/mol. The zero-order chi connectivity index (χ0) is 15.5. The lowest BCUT2D eigenvalue weighted by molar-refractivity contribution is -0.125. The average molecular weight is 290 g/mol. The van der Waals surface area contributed by atoms with Crippen molar-refractivity contribution < 1.29 is 9.59 Å². The fourth-order valence-electron chi connectivity index (χ4n) is 2.19. The summed E-state index contributed by atoms with van der Waals surface area (Å²) in [5.41, 5.74) is 2.77. The summed E-state index contributed by atoms with van der Waals surface area (Å²) < 4.78 is 0. The highest BCUT2D eigenvalue weighted by molar-refractivity contribution is 5.84. The first-order valence-corrected chi connectivity index (χ1v) is 7.77. The maximum Gasteiger partial charge on any atom is 0.239 e. The summed E-state index contributed by atoms with van der Waals surface area (Å²) in [5, 5.41) is 5.40. The molecule has 4 nitrogen and oxygen atoms in total. The third kappa shape index (κ3) is 6.93. The minimum Gasteiger partial charge on any atom is -0.355 e. The van der Waals surface area contributed by atoms with Crippen LogP contribution >= 0.6 is 0 Å². The zero-order valence-corrected chi connectivity index (χ0v) is 13.1. The summed E-state index contributed by atoms with van der Waals surface area (Å²) >= 11 is 0. The van der Waals surface area contributed by atoms with Gasteiger partial charge in [-0.25, -0.2) is 0 Å². The lowest BCUT2D eigenvalue weighted by Crippen LogP contribution is -2.37. The van der Waals surface area contributed by atoms with Crippen molar-refractivity contribution in [2.45, 2.75) is 46.0 Å². The molecule has 0 radical (unpaired) electrons. The molecular formula is C17H26N2O2. The first-order valence-electron chi connectivity index (χ1n) is 7.77. The molecular weight excluding hydrogens is 264 g/mol. The van der Waals surface area contributed by atoms with E-state index in [1.165, 1.54) is 11.1 Å². The van der Waals surface area contributed by atoms with Crippen LogP contribution in [0.3, 0.4) is 0 Å². The Kier molecular flexibility index (Phi) is 8.17. The maximum atomic E-state index is 11.5. The number of carbonyl (C=O) groups excluding carboxylic acids is 2. The van der Waals surface area contributed by atoms with Crippen LogP contribution in [0.1, 0.15) is 44.2 Å². The Balaban J connectivity index is 2.25. The molecule has 0 fully saturated rings. The molecule has 1 aromatic carbocycles. The van der Waals surface area contributed by atoms with Crippen molar-refractivity contribution in [3.8, 4) is 0 Å². The molecule has 116 valence electrons. The topological polar surface area (TPSA) is 58.2 Å². The Morgan fingerprint density at radius 2 is 1.62 bits per heavy atom. The summed E-state index contributed by atoms with van der Waals surface area (Å²) in [6, 6.07) is 8.48. The molecule has 0 heterocycles. The van der Waals surface area contributed by atoms with Crippen LogP contribution in [-0.2, 0) is 22.4 Å². The predicted octanol–water partition coefficient (Wildman–Crippen LogP) is 2.21. The fraction of sp³-hybridized carbons (Fsp3) is 0.529. The van der Waals surface area contributed by atoms with Gasteiger partial charge in [0.25, 0.3) is 0 Å². The molecule has 0 saturated carbocycles. The van der Waals surface area contributed by atoms with Crippen LogP contribution in [0, 0.1) is 0 Å². The van der Waals surface area contributed by atoms with Crippen LogP contribution in [0.4, 0.5) is 0 Å². The van der Waals surface area contributed by atoms with E-state index in [-0.39, 0.29) is 18.4 Å². The molecule has 0 atom stereocenters. The van der Waals surface area contributed by atoms with Crippen molar-refractivity contribution in [1.29, 1.82) is 0 Å². The number of rotatable bonds is 9. The zero-order valence-electron chi connectivity index (χ0n) is 13.1. The van der Waals surface area contributed by atoms with E-state index in [2.05, 4.69) is 41.8 Å². The molecule has 0 bridgehead atoms. The number of hydrogen-bond acceptors (Lipinski definition) is 2. The monoisotopic (exact) mass is 290 g/mol. The first kappa shape index (κ1) is 17.2. The molecule has 0 spiro atoms. The van der Waals surface area contributed by atoms with Gasteiger partial charge >= 0.3 is 0 Å². The van der Waals surface area contributed by atoms with Crippen LogP contribution in [0.5, 0.6) is 0 Å². The Morgan fingerprint density at radius 1 is 0.952 bits per heavy atom. The largest absolute Gasteiger partial charge is 0.355 e. The fourth-order valence-corrected chi connectivity index (χ4v) is 2.19. The quantitative estimate of drug-likeness (QED) is 0.685. The second-order valence-electron chi connectivity index (χ2n) is 5.10. The molecule has 21 heavy (non-hydrogen) atoms. The van der Waals surface area contributed by atoms with E-state index in [9.17, 15) is 9.59 Å². The van der Waals surface area contributed by atoms with E-state index in [0.29, 0.717) is 13.0 Å². The molecule has 0 aliphatic heterocycles. The molecule has 0 aromatic heterocycles. The number of amides is 2. The smallest absolute Gasteiger partial charge is 0.239 e. The summed E-state index contributed by atoms with van der Waals surface area (Å²) in [7, 11) is 0. The molecule has 2 N–H and O–H groups in total. The van der Waals surface area contributed by atoms with E-state index in [0.717, 1.165) is 25.7 Å². The van der Waals surface area contributed by atoms with Crippen molar-refractivity contribution in [2.75, 3.05) is 13.1 Å². The standard InChI is InChI=1S/C17H26N2O2/c1-3-8-14-9-5-6-10-15(14)11-7-12-18-17(21)13-19-16(20)4-2/h5-6,9-10H,3-4,7-8,11-13H2,1-2H3,(H,18,21)(H,19,20). The summed E-state index contributed by atoms with van der Waals surface area (Å²) in [5.74, 6) is -0.225. The summed E-state index contributed by atoms with van der Waals surface area (Å²) in [6.45, 7) is 4.66. The summed E-state index contributed by atoms with van der Waals surface area (Å²) in [6.07, 6.45) is 4.53. The van der Waals surface area contributed by atoms with E-state index in [4.69, 9.17) is 0 Å². The number of benzene rings is 1. The normalized spacial score (nSPS) is 10.2. The lowest BCUT2D eigenvalue weighted by atomic mass is 9.99. The highest BCUT2D eigenvalue weighted by Gasteiger charge is 2.04. The number of aryl methyl sites for hydroxylation is 2. The van der Waals surface area contributed by atoms with E-state index in [1.54, 1.807) is 6.92 Å². The SMILES string of the molecule is CCCc1ccccc1CCCNC(=O)CNC(=O)CC. The van der Waals surface area contributed by atoms with Crippen molar-refractivity contribution in [2.24, 2.45) is 0 Å². The molecule has 2 amide bonds. The molecule has 4 heteroatoms. The van der Waals surface area contributed by atoms with Gasteiger partial charge in [0.15, 0.2) is 0 Å². The lowest BCUT2D eigenvalue weighted by Gasteiger charge is -2.09. The Hall–Kier alpha value is -1.84. The van der Waals surface area contributed by atoms with Gasteiger partial charge < -0.3 is 10.6 Å². The van der Waals surface area contributed by atoms with Gasteiger partial charge in [0.2, 0.25) is 11.8 Å². The minimum atomic E-state index is -0.126. The highest BCUT2D eigenvalue weighted by Crippen LogP contribution is 2.12. The molecule has 0 aliphatic carbocycles. The molecule has 0 aliphatic rings. The summed E-state index contributed by atoms with van der Waals surface area (Å²) in [4.78, 5) is 22.6. The van der Waals surface area contributed by atoms with Gasteiger partial charge in [-0.2, -0.15) is 0 Å². The first-order chi connectivity index (χ1) is 10.2. The second-order valence-corrected chi connectivity index (χ2v) is 5.10. The van der Waals surface area contributed by atoms with Gasteiger partial charge in [-0.1, -0.05) is 44.5 Å². The van der Waals surface area contributed by atoms with Crippen molar-refractivity contribution in [3.63, 3.8) is 0 Å². The van der Waals surface area contributed by atoms with Gasteiger partial charge in [0.1, 0.15) is 0 Å². The molecule has 0 saturated heterocycles. The highest BCUT2D eigenvalue weighted by atomic mass is 16.2. The van der Waals surface area contributed by atoms with E-state index >= 15 is 0 Å². The van der Waals surface area contributed by atoms with Crippen LogP contribution < -0.4 is 10.6 Å².